The molecule has 0 radical (unpaired) electrons. The van der Waals surface area contributed by atoms with Gasteiger partial charge in [-0.1, -0.05) is 30.0 Å². The van der Waals surface area contributed by atoms with Crippen molar-refractivity contribution in [2.45, 2.75) is 18.6 Å². The van der Waals surface area contributed by atoms with E-state index in [-0.39, 0.29) is 22.9 Å². The molecule has 0 spiro atoms. The van der Waals surface area contributed by atoms with Crippen molar-refractivity contribution in [3.63, 3.8) is 0 Å². The molecule has 1 atom stereocenters. The van der Waals surface area contributed by atoms with E-state index >= 15 is 0 Å². The zero-order valence-corrected chi connectivity index (χ0v) is 17.3. The maximum absolute atomic E-state index is 14.1. The van der Waals surface area contributed by atoms with Gasteiger partial charge in [0.25, 0.3) is 5.91 Å². The van der Waals surface area contributed by atoms with Gasteiger partial charge < -0.3 is 10.1 Å². The lowest BCUT2D eigenvalue weighted by Crippen LogP contribution is -2.31. The number of amides is 2. The molecule has 1 fully saturated rings. The summed E-state index contributed by atoms with van der Waals surface area (Å²) < 4.78 is 19.6. The summed E-state index contributed by atoms with van der Waals surface area (Å²) in [6, 6.07) is 14.9. The fraction of sp³-hybridized carbons (Fsp3) is 0.227. The van der Waals surface area contributed by atoms with Crippen LogP contribution >= 0.6 is 11.8 Å². The second-order valence-electron chi connectivity index (χ2n) is 6.37. The molecule has 1 aliphatic rings. The molecule has 2 aromatic rings. The maximum atomic E-state index is 14.1. The van der Waals surface area contributed by atoms with Crippen molar-refractivity contribution in [3.05, 3.63) is 70.5 Å². The lowest BCUT2D eigenvalue weighted by molar-refractivity contribution is -0.117. The molecule has 2 aromatic carbocycles. The van der Waals surface area contributed by atoms with Crippen LogP contribution in [0.2, 0.25) is 0 Å². The lowest BCUT2D eigenvalue weighted by Gasteiger charge is -2.19. The molecule has 154 valence electrons. The lowest BCUT2D eigenvalue weighted by atomic mass is 10.1. The van der Waals surface area contributed by atoms with Crippen molar-refractivity contribution in [2.75, 3.05) is 18.6 Å². The van der Waals surface area contributed by atoms with Crippen molar-refractivity contribution < 1.29 is 18.7 Å². The van der Waals surface area contributed by atoms with E-state index in [2.05, 4.69) is 5.32 Å². The van der Waals surface area contributed by atoms with Crippen LogP contribution in [0.3, 0.4) is 0 Å². The average molecular weight is 425 g/mol. The van der Waals surface area contributed by atoms with E-state index in [4.69, 9.17) is 4.74 Å². The Morgan fingerprint density at radius 1 is 1.27 bits per heavy atom. The summed E-state index contributed by atoms with van der Waals surface area (Å²) in [6.45, 7) is 2.37. The van der Waals surface area contributed by atoms with Crippen LogP contribution in [-0.4, -0.2) is 30.7 Å². The molecule has 0 aliphatic carbocycles. The monoisotopic (exact) mass is 425 g/mol. The number of halogens is 1. The molecule has 1 aliphatic heterocycles. The highest BCUT2D eigenvalue weighted by Gasteiger charge is 2.41. The Bertz CT molecular complexity index is 1030. The Labute approximate surface area is 178 Å². The number of rotatable bonds is 6. The van der Waals surface area contributed by atoms with E-state index in [9.17, 15) is 19.2 Å². The minimum Gasteiger partial charge on any atom is -0.494 e. The van der Waals surface area contributed by atoms with Crippen LogP contribution in [0.25, 0.3) is 0 Å². The Morgan fingerprint density at radius 2 is 1.97 bits per heavy atom. The highest BCUT2D eigenvalue weighted by Crippen LogP contribution is 2.42. The van der Waals surface area contributed by atoms with Crippen molar-refractivity contribution in [2.24, 2.45) is 0 Å². The minimum atomic E-state index is -0.670. The molecule has 1 N–H and O–H groups in total. The SMILES string of the molecule is CCOc1ccc(N2C(=O)C(Cc3ccccc3F)S/C2=C(/C#N)C(=O)NC)cc1. The molecule has 1 heterocycles. The van der Waals surface area contributed by atoms with E-state index in [1.165, 1.54) is 18.0 Å². The Balaban J connectivity index is 2.03. The molecule has 0 saturated carbocycles. The van der Waals surface area contributed by atoms with Crippen molar-refractivity contribution in [1.82, 2.24) is 5.32 Å². The first-order chi connectivity index (χ1) is 14.5. The molecule has 6 nitrogen and oxygen atoms in total. The van der Waals surface area contributed by atoms with E-state index in [1.54, 1.807) is 42.5 Å². The molecular formula is C22H20FN3O3S. The van der Waals surface area contributed by atoms with Gasteiger partial charge in [0.05, 0.1) is 11.9 Å². The third-order valence-electron chi connectivity index (χ3n) is 4.50. The van der Waals surface area contributed by atoms with E-state index in [0.29, 0.717) is 23.6 Å². The van der Waals surface area contributed by atoms with E-state index in [0.717, 1.165) is 11.8 Å². The number of benzene rings is 2. The number of likely N-dealkylation sites (N-methyl/N-ethyl adjacent to an activating group) is 1. The highest BCUT2D eigenvalue weighted by atomic mass is 32.2. The van der Waals surface area contributed by atoms with Gasteiger partial charge in [0, 0.05) is 12.7 Å². The standard InChI is InChI=1S/C22H20FN3O3S/c1-3-29-16-10-8-15(9-11-16)26-21(28)19(12-14-6-4-5-7-18(14)23)30-22(26)17(13-24)20(27)25-2/h4-11,19H,3,12H2,1-2H3,(H,25,27)/b22-17-. The number of hydrogen-bond donors (Lipinski definition) is 1. The smallest absolute Gasteiger partial charge is 0.264 e. The second kappa shape index (κ2) is 9.46. The van der Waals surface area contributed by atoms with Crippen molar-refractivity contribution in [1.29, 1.82) is 5.26 Å². The fourth-order valence-corrected chi connectivity index (χ4v) is 4.36. The number of ether oxygens (including phenoxy) is 1. The highest BCUT2D eigenvalue weighted by molar-refractivity contribution is 8.05. The number of thioether (sulfide) groups is 1. The summed E-state index contributed by atoms with van der Waals surface area (Å²) in [5.41, 5.74) is 0.731. The summed E-state index contributed by atoms with van der Waals surface area (Å²) in [5.74, 6) is -0.669. The number of nitrogens with zero attached hydrogens (tertiary/aromatic N) is 2. The van der Waals surface area contributed by atoms with Crippen LogP contribution in [0, 0.1) is 17.1 Å². The summed E-state index contributed by atoms with van der Waals surface area (Å²) in [5, 5.41) is 11.6. The Kier molecular flexibility index (Phi) is 6.75. The van der Waals surface area contributed by atoms with Crippen molar-refractivity contribution >= 4 is 29.3 Å². The number of nitriles is 1. The topological polar surface area (TPSA) is 82.4 Å². The summed E-state index contributed by atoms with van der Waals surface area (Å²) in [4.78, 5) is 26.8. The van der Waals surface area contributed by atoms with Crippen LogP contribution in [0.4, 0.5) is 10.1 Å². The zero-order chi connectivity index (χ0) is 21.7. The number of anilines is 1. The molecule has 30 heavy (non-hydrogen) atoms. The maximum Gasteiger partial charge on any atom is 0.264 e. The number of carbonyl (C=O) groups excluding carboxylic acids is 2. The van der Waals surface area contributed by atoms with Crippen LogP contribution in [0.5, 0.6) is 5.75 Å². The first-order valence-electron chi connectivity index (χ1n) is 9.33. The molecular weight excluding hydrogens is 405 g/mol. The van der Waals surface area contributed by atoms with Gasteiger partial charge in [-0.15, -0.1) is 0 Å². The first kappa shape index (κ1) is 21.4. The van der Waals surface area contributed by atoms with Gasteiger partial charge in [-0.2, -0.15) is 5.26 Å². The first-order valence-corrected chi connectivity index (χ1v) is 10.2. The third kappa shape index (κ3) is 4.31. The predicted molar refractivity (Wildman–Crippen MR) is 113 cm³/mol. The largest absolute Gasteiger partial charge is 0.494 e. The van der Waals surface area contributed by atoms with Crippen LogP contribution in [0.1, 0.15) is 12.5 Å². The van der Waals surface area contributed by atoms with Gasteiger partial charge in [-0.05, 0) is 49.2 Å². The van der Waals surface area contributed by atoms with Gasteiger partial charge >= 0.3 is 0 Å². The van der Waals surface area contributed by atoms with Gasteiger partial charge in [0.15, 0.2) is 0 Å². The average Bonchev–Trinajstić information content (AvgIpc) is 3.06. The molecule has 2 amide bonds. The van der Waals surface area contributed by atoms with Gasteiger partial charge in [0.2, 0.25) is 5.91 Å². The number of hydrogen-bond acceptors (Lipinski definition) is 5. The third-order valence-corrected chi connectivity index (χ3v) is 5.76. The molecule has 0 bridgehead atoms. The fourth-order valence-electron chi connectivity index (χ4n) is 3.07. The Hall–Kier alpha value is -3.31. The number of nitrogens with one attached hydrogen (secondary N) is 1. The number of carbonyl (C=O) groups is 2. The summed E-state index contributed by atoms with van der Waals surface area (Å²) in [7, 11) is 1.42. The van der Waals surface area contributed by atoms with Gasteiger partial charge in [-0.25, -0.2) is 4.39 Å². The molecule has 0 aromatic heterocycles. The summed E-state index contributed by atoms with van der Waals surface area (Å²) >= 11 is 1.09. The second-order valence-corrected chi connectivity index (χ2v) is 7.57. The van der Waals surface area contributed by atoms with Crippen LogP contribution in [-0.2, 0) is 16.0 Å². The Morgan fingerprint density at radius 3 is 2.57 bits per heavy atom. The van der Waals surface area contributed by atoms with Crippen molar-refractivity contribution in [3.8, 4) is 11.8 Å². The quantitative estimate of drug-likeness (QED) is 0.567. The predicted octanol–water partition coefficient (Wildman–Crippen LogP) is 3.40. The minimum absolute atomic E-state index is 0.139. The zero-order valence-electron chi connectivity index (χ0n) is 16.5. The normalized spacial score (nSPS) is 17.5. The molecule has 3 rings (SSSR count). The molecule has 1 saturated heterocycles. The van der Waals surface area contributed by atoms with Gasteiger partial charge in [-0.3, -0.25) is 14.5 Å². The van der Waals surface area contributed by atoms with Crippen LogP contribution < -0.4 is 15.0 Å². The van der Waals surface area contributed by atoms with E-state index < -0.39 is 17.0 Å². The molecule has 1 unspecified atom stereocenters. The van der Waals surface area contributed by atoms with Crippen LogP contribution in [0.15, 0.2) is 59.1 Å². The van der Waals surface area contributed by atoms with E-state index in [1.807, 2.05) is 13.0 Å². The van der Waals surface area contributed by atoms with Gasteiger partial charge in [0.1, 0.15) is 28.2 Å². The molecule has 8 heteroatoms. The summed E-state index contributed by atoms with van der Waals surface area (Å²) in [6.07, 6.45) is 0.139.